The molecule has 2 fully saturated rings. The topological polar surface area (TPSA) is 91.8 Å². The Balaban J connectivity index is 1.48. The third kappa shape index (κ3) is 9.19. The fraction of sp³-hybridized carbons (Fsp3) is 0.590. The molecule has 12 heteroatoms. The van der Waals surface area contributed by atoms with Gasteiger partial charge < -0.3 is 19.1 Å². The summed E-state index contributed by atoms with van der Waals surface area (Å²) < 4.78 is 23.0. The number of anilines is 1. The molecule has 0 radical (unpaired) electrons. The SMILES string of the molecule is C=C(OCC)c1c([C@H]2C[C@@H]3CC[C@@H](C3)C2)nc2c(-c3ccc(-c4ccn(C)n4)nc3)cnn2c1N(COCC[Si](C)(C)C)COCC[Si](C)(C)C. The molecule has 0 unspecified atom stereocenters. The smallest absolute Gasteiger partial charge is 0.165 e. The second-order valence-electron chi connectivity index (χ2n) is 17.1. The molecule has 2 aliphatic carbocycles. The number of aryl methyl sites for hydroxylation is 1. The molecule has 0 saturated heterocycles. The van der Waals surface area contributed by atoms with Crippen LogP contribution in [0.2, 0.25) is 51.4 Å². The number of hydrogen-bond donors (Lipinski definition) is 0. The van der Waals surface area contributed by atoms with Crippen LogP contribution in [-0.2, 0) is 21.3 Å². The van der Waals surface area contributed by atoms with E-state index in [4.69, 9.17) is 29.3 Å². The Kier molecular flexibility index (Phi) is 11.5. The zero-order chi connectivity index (χ0) is 36.3. The van der Waals surface area contributed by atoms with Crippen molar-refractivity contribution in [3.05, 3.63) is 54.6 Å². The molecule has 0 amide bonds. The van der Waals surface area contributed by atoms with E-state index in [1.807, 2.05) is 49.2 Å². The Bertz CT molecular complexity index is 1760. The largest absolute Gasteiger partial charge is 0.494 e. The van der Waals surface area contributed by atoms with Crippen LogP contribution in [0.4, 0.5) is 5.82 Å². The van der Waals surface area contributed by atoms with Crippen LogP contribution in [0, 0.1) is 11.8 Å². The van der Waals surface area contributed by atoms with Gasteiger partial charge in [0.1, 0.15) is 30.7 Å². The van der Waals surface area contributed by atoms with Crippen molar-refractivity contribution in [2.75, 3.05) is 38.2 Å². The molecule has 4 aromatic heterocycles. The first-order chi connectivity index (χ1) is 24.3. The lowest BCUT2D eigenvalue weighted by atomic mass is 9.78. The van der Waals surface area contributed by atoms with Crippen LogP contribution in [0.3, 0.4) is 0 Å². The summed E-state index contributed by atoms with van der Waals surface area (Å²) in [6.45, 7) is 23.5. The third-order valence-corrected chi connectivity index (χ3v) is 13.8. The third-order valence-electron chi connectivity index (χ3n) is 10.4. The van der Waals surface area contributed by atoms with E-state index >= 15 is 0 Å². The highest BCUT2D eigenvalue weighted by Gasteiger charge is 2.38. The van der Waals surface area contributed by atoms with Crippen molar-refractivity contribution in [1.82, 2.24) is 29.4 Å². The summed E-state index contributed by atoms with van der Waals surface area (Å²) in [4.78, 5) is 12.5. The zero-order valence-electron chi connectivity index (χ0n) is 32.2. The van der Waals surface area contributed by atoms with Crippen LogP contribution in [0.25, 0.3) is 33.9 Å². The minimum atomic E-state index is -1.28. The molecule has 3 atom stereocenters. The maximum atomic E-state index is 6.49. The van der Waals surface area contributed by atoms with Crippen molar-refractivity contribution < 1.29 is 14.2 Å². The fourth-order valence-corrected chi connectivity index (χ4v) is 9.07. The van der Waals surface area contributed by atoms with Gasteiger partial charge in [-0.1, -0.05) is 64.8 Å². The maximum absolute atomic E-state index is 6.49. The highest BCUT2D eigenvalue weighted by Crippen LogP contribution is 2.50. The fourth-order valence-electron chi connectivity index (χ4n) is 7.55. The van der Waals surface area contributed by atoms with Crippen molar-refractivity contribution in [3.63, 3.8) is 0 Å². The minimum Gasteiger partial charge on any atom is -0.494 e. The number of rotatable bonds is 17. The summed E-state index contributed by atoms with van der Waals surface area (Å²) in [5.41, 5.74) is 6.35. The molecule has 0 N–H and O–H groups in total. The summed E-state index contributed by atoms with van der Waals surface area (Å²) in [6.07, 6.45) is 12.0. The standard InChI is InChI=1S/C39H59N7O3Si2/c1-10-49-28(2)36-37(32-22-29-11-12-30(21-29)23-32)42-38-33(31-13-14-34(40-24-31)35-15-16-44(3)43-35)25-41-46(38)39(36)45(26-47-17-19-50(4,5)6)27-48-18-20-51(7,8)9/h13-16,24-25,29-30,32H,2,10-12,17-23,26-27H2,1,3-9H3/t29-,30+,32+. The molecule has 6 rings (SSSR count). The van der Waals surface area contributed by atoms with Gasteiger partial charge >= 0.3 is 0 Å². The zero-order valence-corrected chi connectivity index (χ0v) is 34.2. The van der Waals surface area contributed by atoms with Crippen molar-refractivity contribution >= 4 is 33.4 Å². The summed E-state index contributed by atoms with van der Waals surface area (Å²) in [6, 6.07) is 8.28. The summed E-state index contributed by atoms with van der Waals surface area (Å²) >= 11 is 0. The monoisotopic (exact) mass is 729 g/mol. The van der Waals surface area contributed by atoms with Crippen molar-refractivity contribution in [3.8, 4) is 22.5 Å². The van der Waals surface area contributed by atoms with Gasteiger partial charge in [0.25, 0.3) is 0 Å². The molecular weight excluding hydrogens is 671 g/mol. The number of nitrogens with zero attached hydrogens (tertiary/aromatic N) is 7. The minimum absolute atomic E-state index is 0.307. The summed E-state index contributed by atoms with van der Waals surface area (Å²) in [5, 5.41) is 9.59. The molecular formula is C39H59N7O3Si2. The molecule has 10 nitrogen and oxygen atoms in total. The van der Waals surface area contributed by atoms with Gasteiger partial charge in [-0.3, -0.25) is 9.67 Å². The first-order valence-corrected chi connectivity index (χ1v) is 26.3. The van der Waals surface area contributed by atoms with Gasteiger partial charge in [-0.25, -0.2) is 4.98 Å². The highest BCUT2D eigenvalue weighted by atomic mass is 28.3. The molecule has 4 heterocycles. The van der Waals surface area contributed by atoms with E-state index in [9.17, 15) is 0 Å². The van der Waals surface area contributed by atoms with Crippen molar-refractivity contribution in [2.24, 2.45) is 18.9 Å². The summed E-state index contributed by atoms with van der Waals surface area (Å²) in [7, 11) is -0.650. The Hall–Kier alpha value is -3.33. The predicted molar refractivity (Wildman–Crippen MR) is 212 cm³/mol. The number of fused-ring (bicyclic) bond motifs is 3. The molecule has 0 aromatic carbocycles. The molecule has 276 valence electrons. The molecule has 2 aliphatic rings. The van der Waals surface area contributed by atoms with Gasteiger partial charge in [0.05, 0.1) is 29.8 Å². The normalized spacial score (nSPS) is 19.2. The first-order valence-electron chi connectivity index (χ1n) is 18.9. The van der Waals surface area contributed by atoms with Gasteiger partial charge in [0.15, 0.2) is 5.65 Å². The first kappa shape index (κ1) is 37.4. The molecule has 2 bridgehead atoms. The van der Waals surface area contributed by atoms with Gasteiger partial charge in [-0.2, -0.15) is 14.7 Å². The van der Waals surface area contributed by atoms with Crippen LogP contribution in [-0.4, -0.2) is 78.8 Å². The molecule has 0 aliphatic heterocycles. The second-order valence-corrected chi connectivity index (χ2v) is 28.3. The molecule has 51 heavy (non-hydrogen) atoms. The maximum Gasteiger partial charge on any atom is 0.165 e. The van der Waals surface area contributed by atoms with Gasteiger partial charge in [0.2, 0.25) is 0 Å². The Morgan fingerprint density at radius 2 is 1.57 bits per heavy atom. The van der Waals surface area contributed by atoms with Crippen molar-refractivity contribution in [1.29, 1.82) is 0 Å². The van der Waals surface area contributed by atoms with Crippen LogP contribution < -0.4 is 4.90 Å². The van der Waals surface area contributed by atoms with Gasteiger partial charge in [-0.15, -0.1) is 0 Å². The van der Waals surface area contributed by atoms with E-state index in [1.54, 1.807) is 4.68 Å². The molecule has 4 aromatic rings. The average Bonchev–Trinajstić information content (AvgIpc) is 3.80. The van der Waals surface area contributed by atoms with E-state index in [0.717, 1.165) is 82.0 Å². The van der Waals surface area contributed by atoms with E-state index < -0.39 is 16.1 Å². The molecule has 2 saturated carbocycles. The highest BCUT2D eigenvalue weighted by molar-refractivity contribution is 6.76. The number of pyridine rings is 1. The lowest BCUT2D eigenvalue weighted by Gasteiger charge is -2.33. The van der Waals surface area contributed by atoms with Crippen LogP contribution >= 0.6 is 0 Å². The van der Waals surface area contributed by atoms with Crippen LogP contribution in [0.5, 0.6) is 0 Å². The van der Waals surface area contributed by atoms with Gasteiger partial charge in [0, 0.05) is 65.8 Å². The van der Waals surface area contributed by atoms with Gasteiger partial charge in [-0.05, 0) is 62.2 Å². The van der Waals surface area contributed by atoms with E-state index in [0.29, 0.717) is 45.0 Å². The Morgan fingerprint density at radius 3 is 2.12 bits per heavy atom. The van der Waals surface area contributed by atoms with Crippen LogP contribution in [0.15, 0.2) is 43.4 Å². The van der Waals surface area contributed by atoms with E-state index in [2.05, 4.69) is 61.9 Å². The quantitative estimate of drug-likeness (QED) is 0.0461. The number of aromatic nitrogens is 6. The predicted octanol–water partition coefficient (Wildman–Crippen LogP) is 8.92. The lowest BCUT2D eigenvalue weighted by molar-refractivity contribution is 0.0941. The Morgan fingerprint density at radius 1 is 0.902 bits per heavy atom. The lowest BCUT2D eigenvalue weighted by Crippen LogP contribution is -2.34. The molecule has 0 spiro atoms. The van der Waals surface area contributed by atoms with E-state index in [-0.39, 0.29) is 0 Å². The van der Waals surface area contributed by atoms with Crippen LogP contribution in [0.1, 0.15) is 56.2 Å². The second kappa shape index (κ2) is 15.7. The van der Waals surface area contributed by atoms with Crippen molar-refractivity contribution in [2.45, 2.75) is 96.3 Å². The number of hydrogen-bond acceptors (Lipinski definition) is 8. The number of ether oxygens (including phenoxy) is 3. The average molecular weight is 730 g/mol. The Labute approximate surface area is 306 Å². The summed E-state index contributed by atoms with van der Waals surface area (Å²) in [5.74, 6) is 3.28. The van der Waals surface area contributed by atoms with E-state index in [1.165, 1.54) is 19.3 Å².